The van der Waals surface area contributed by atoms with Crippen LogP contribution in [-0.2, 0) is 6.42 Å². The molecule has 0 N–H and O–H groups in total. The van der Waals surface area contributed by atoms with Gasteiger partial charge in [-0.2, -0.15) is 0 Å². The molecule has 2 aromatic carbocycles. The zero-order chi connectivity index (χ0) is 14.0. The third kappa shape index (κ3) is 3.26. The first-order valence-corrected chi connectivity index (χ1v) is 7.99. The highest BCUT2D eigenvalue weighted by Crippen LogP contribution is 2.26. The van der Waals surface area contributed by atoms with Gasteiger partial charge in [0.1, 0.15) is 0 Å². The Kier molecular flexibility index (Phi) is 4.79. The largest absolute Gasteiger partial charge is 0.289 e. The normalized spacial score (nSPS) is 10.5. The van der Waals surface area contributed by atoms with Crippen molar-refractivity contribution >= 4 is 44.3 Å². The molecule has 0 aromatic heterocycles. The molecule has 0 amide bonds. The van der Waals surface area contributed by atoms with Crippen molar-refractivity contribution in [2.24, 2.45) is 0 Å². The fourth-order valence-electron chi connectivity index (χ4n) is 1.94. The second-order valence-electron chi connectivity index (χ2n) is 4.46. The van der Waals surface area contributed by atoms with Gasteiger partial charge in [-0.25, -0.2) is 0 Å². The van der Waals surface area contributed by atoms with Crippen molar-refractivity contribution in [3.8, 4) is 0 Å². The van der Waals surface area contributed by atoms with Crippen molar-refractivity contribution in [1.29, 1.82) is 0 Å². The van der Waals surface area contributed by atoms with Crippen molar-refractivity contribution in [1.82, 2.24) is 0 Å². The molecule has 0 unspecified atom stereocenters. The van der Waals surface area contributed by atoms with Crippen LogP contribution >= 0.6 is 38.5 Å². The molecule has 0 heterocycles. The van der Waals surface area contributed by atoms with Crippen LogP contribution in [0.4, 0.5) is 0 Å². The van der Waals surface area contributed by atoms with E-state index in [1.807, 2.05) is 37.3 Å². The summed E-state index contributed by atoms with van der Waals surface area (Å²) >= 11 is 5.75. The summed E-state index contributed by atoms with van der Waals surface area (Å²) in [6.45, 7) is 4.11. The lowest BCUT2D eigenvalue weighted by molar-refractivity contribution is 0.103. The predicted molar refractivity (Wildman–Crippen MR) is 90.8 cm³/mol. The summed E-state index contributed by atoms with van der Waals surface area (Å²) in [6, 6.07) is 11.8. The Hall–Kier alpha value is -0.680. The second kappa shape index (κ2) is 6.18. The first-order chi connectivity index (χ1) is 9.02. The summed E-state index contributed by atoms with van der Waals surface area (Å²) in [7, 11) is 0. The molecule has 2 aromatic rings. The number of aryl methyl sites for hydroxylation is 2. The summed E-state index contributed by atoms with van der Waals surface area (Å²) in [5.74, 6) is 0.0659. The van der Waals surface area contributed by atoms with E-state index in [4.69, 9.17) is 0 Å². The van der Waals surface area contributed by atoms with E-state index in [1.54, 1.807) is 0 Å². The summed E-state index contributed by atoms with van der Waals surface area (Å²) in [6.07, 6.45) is 0.987. The molecule has 0 spiro atoms. The molecule has 0 aliphatic heterocycles. The Morgan fingerprint density at radius 2 is 1.84 bits per heavy atom. The Labute approximate surface area is 135 Å². The highest BCUT2D eigenvalue weighted by atomic mass is 127. The average Bonchev–Trinajstić information content (AvgIpc) is 2.42. The molecule has 0 fully saturated rings. The van der Waals surface area contributed by atoms with Crippen LogP contribution in [0.5, 0.6) is 0 Å². The lowest BCUT2D eigenvalue weighted by atomic mass is 10.0. The fraction of sp³-hybridized carbons (Fsp3) is 0.188. The van der Waals surface area contributed by atoms with E-state index in [-0.39, 0.29) is 5.78 Å². The van der Waals surface area contributed by atoms with Gasteiger partial charge in [0, 0.05) is 19.2 Å². The van der Waals surface area contributed by atoms with E-state index in [9.17, 15) is 4.79 Å². The molecular weight excluding hydrogens is 415 g/mol. The number of benzene rings is 2. The summed E-state index contributed by atoms with van der Waals surface area (Å²) in [4.78, 5) is 12.5. The first kappa shape index (κ1) is 14.7. The minimum atomic E-state index is 0.0659. The van der Waals surface area contributed by atoms with Crippen LogP contribution in [0.3, 0.4) is 0 Å². The third-order valence-corrected chi connectivity index (χ3v) is 4.76. The summed E-state index contributed by atoms with van der Waals surface area (Å²) < 4.78 is 1.96. The zero-order valence-corrected chi connectivity index (χ0v) is 14.6. The van der Waals surface area contributed by atoms with Gasteiger partial charge in [-0.1, -0.05) is 31.2 Å². The molecule has 0 bridgehead atoms. The molecule has 1 nitrogen and oxygen atoms in total. The maximum atomic E-state index is 12.5. The maximum Gasteiger partial charge on any atom is 0.194 e. The Balaban J connectivity index is 2.43. The quantitative estimate of drug-likeness (QED) is 0.487. The zero-order valence-electron chi connectivity index (χ0n) is 10.8. The van der Waals surface area contributed by atoms with E-state index in [0.29, 0.717) is 0 Å². The highest BCUT2D eigenvalue weighted by Gasteiger charge is 2.14. The van der Waals surface area contributed by atoms with Crippen LogP contribution in [0, 0.1) is 10.5 Å². The Morgan fingerprint density at radius 1 is 1.21 bits per heavy atom. The molecule has 19 heavy (non-hydrogen) atoms. The van der Waals surface area contributed by atoms with Crippen molar-refractivity contribution in [3.05, 3.63) is 66.7 Å². The van der Waals surface area contributed by atoms with Crippen LogP contribution in [-0.4, -0.2) is 5.78 Å². The van der Waals surface area contributed by atoms with Crippen molar-refractivity contribution in [2.45, 2.75) is 20.3 Å². The number of carbonyl (C=O) groups excluding carboxylic acids is 1. The van der Waals surface area contributed by atoms with E-state index < -0.39 is 0 Å². The van der Waals surface area contributed by atoms with Crippen LogP contribution < -0.4 is 0 Å². The lowest BCUT2D eigenvalue weighted by Crippen LogP contribution is -2.04. The second-order valence-corrected chi connectivity index (χ2v) is 6.50. The van der Waals surface area contributed by atoms with Crippen molar-refractivity contribution < 1.29 is 4.79 Å². The van der Waals surface area contributed by atoms with Gasteiger partial charge in [-0.15, -0.1) is 0 Å². The smallest absolute Gasteiger partial charge is 0.194 e. The van der Waals surface area contributed by atoms with Crippen LogP contribution in [0.25, 0.3) is 0 Å². The van der Waals surface area contributed by atoms with Crippen molar-refractivity contribution in [2.75, 3.05) is 0 Å². The molecule has 0 radical (unpaired) electrons. The SMILES string of the molecule is CCc1ccc(C(=O)c2cc(I)cc(C)c2Br)cc1. The molecule has 0 saturated heterocycles. The van der Waals surface area contributed by atoms with Gasteiger partial charge >= 0.3 is 0 Å². The molecule has 0 aliphatic carbocycles. The number of hydrogen-bond acceptors (Lipinski definition) is 1. The molecule has 98 valence electrons. The Morgan fingerprint density at radius 3 is 2.42 bits per heavy atom. The first-order valence-electron chi connectivity index (χ1n) is 6.12. The van der Waals surface area contributed by atoms with Gasteiger partial charge in [0.15, 0.2) is 5.78 Å². The molecule has 0 saturated carbocycles. The molecular formula is C16H14BrIO. The van der Waals surface area contributed by atoms with E-state index in [0.717, 1.165) is 31.2 Å². The van der Waals surface area contributed by atoms with Gasteiger partial charge in [0.05, 0.1) is 0 Å². The Bertz CT molecular complexity index is 617. The van der Waals surface area contributed by atoms with Gasteiger partial charge in [-0.3, -0.25) is 4.79 Å². The van der Waals surface area contributed by atoms with Crippen molar-refractivity contribution in [3.63, 3.8) is 0 Å². The number of halogens is 2. The average molecular weight is 429 g/mol. The minimum Gasteiger partial charge on any atom is -0.289 e. The number of ketones is 1. The van der Waals surface area contributed by atoms with Gasteiger partial charge in [0.2, 0.25) is 0 Å². The maximum absolute atomic E-state index is 12.5. The minimum absolute atomic E-state index is 0.0659. The van der Waals surface area contributed by atoms with Crippen LogP contribution in [0.1, 0.15) is 34.0 Å². The molecule has 3 heteroatoms. The lowest BCUT2D eigenvalue weighted by Gasteiger charge is -2.08. The monoisotopic (exact) mass is 428 g/mol. The number of hydrogen-bond donors (Lipinski definition) is 0. The number of rotatable bonds is 3. The molecule has 2 rings (SSSR count). The van der Waals surface area contributed by atoms with Gasteiger partial charge in [0.25, 0.3) is 0 Å². The summed E-state index contributed by atoms with van der Waals surface area (Å²) in [5.41, 5.74) is 3.79. The van der Waals surface area contributed by atoms with Gasteiger partial charge in [-0.05, 0) is 75.1 Å². The third-order valence-electron chi connectivity index (χ3n) is 3.09. The standard InChI is InChI=1S/C16H14BrIO/c1-3-11-4-6-12(7-5-11)16(19)14-9-13(18)8-10(2)15(14)17/h4-9H,3H2,1-2H3. The van der Waals surface area contributed by atoms with E-state index >= 15 is 0 Å². The van der Waals surface area contributed by atoms with E-state index in [2.05, 4.69) is 51.5 Å². The number of carbonyl (C=O) groups is 1. The molecule has 0 atom stereocenters. The highest BCUT2D eigenvalue weighted by molar-refractivity contribution is 14.1. The summed E-state index contributed by atoms with van der Waals surface area (Å²) in [5, 5.41) is 0. The molecule has 0 aliphatic rings. The van der Waals surface area contributed by atoms with Crippen LogP contribution in [0.2, 0.25) is 0 Å². The topological polar surface area (TPSA) is 17.1 Å². The van der Waals surface area contributed by atoms with Crippen LogP contribution in [0.15, 0.2) is 40.9 Å². The predicted octanol–water partition coefficient (Wildman–Crippen LogP) is 5.16. The van der Waals surface area contributed by atoms with E-state index in [1.165, 1.54) is 5.56 Å². The fourth-order valence-corrected chi connectivity index (χ4v) is 3.13. The van der Waals surface area contributed by atoms with Gasteiger partial charge < -0.3 is 0 Å².